The number of hydrogen-bond donors (Lipinski definition) is 16. The molecule has 0 saturated heterocycles. The number of carbonyl (C=O) groups excluding carboxylic acids is 8. The van der Waals surface area contributed by atoms with Crippen LogP contribution in [0.2, 0.25) is 0 Å². The molecule has 63 heavy (non-hydrogen) atoms. The van der Waals surface area contributed by atoms with Crippen LogP contribution in [0.25, 0.3) is 10.9 Å². The molecule has 0 aliphatic rings. The summed E-state index contributed by atoms with van der Waals surface area (Å²) in [5, 5.41) is 64.6. The van der Waals surface area contributed by atoms with Gasteiger partial charge in [0.1, 0.15) is 42.3 Å². The van der Waals surface area contributed by atoms with Crippen molar-refractivity contribution < 1.29 is 78.3 Å². The van der Waals surface area contributed by atoms with Gasteiger partial charge < -0.3 is 79.2 Å². The number of nitrogens with two attached hydrogens (primary N) is 2. The Kier molecular flexibility index (Phi) is 20.4. The van der Waals surface area contributed by atoms with Crippen molar-refractivity contribution in [3.63, 3.8) is 0 Å². The summed E-state index contributed by atoms with van der Waals surface area (Å²) in [4.78, 5) is 142. The molecule has 1 aromatic heterocycles. The van der Waals surface area contributed by atoms with E-state index in [1.807, 2.05) is 16.0 Å². The van der Waals surface area contributed by atoms with Gasteiger partial charge >= 0.3 is 17.9 Å². The minimum absolute atomic E-state index is 0.373. The number of rotatable bonds is 26. The largest absolute Gasteiger partial charge is 0.481 e. The highest BCUT2D eigenvalue weighted by Crippen LogP contribution is 2.19. The number of aliphatic carboxylic acids is 3. The van der Waals surface area contributed by atoms with Gasteiger partial charge in [0.2, 0.25) is 47.3 Å². The molecule has 0 aliphatic heterocycles. The van der Waals surface area contributed by atoms with Crippen molar-refractivity contribution in [3.05, 3.63) is 36.0 Å². The average Bonchev–Trinajstić information content (AvgIpc) is 3.60. The number of carboxylic acid groups (broad SMARTS) is 3. The molecule has 0 bridgehead atoms. The predicted molar refractivity (Wildman–Crippen MR) is 218 cm³/mol. The molecule has 0 radical (unpaired) electrons. The normalized spacial score (nSPS) is 15.3. The number of aromatic amines is 1. The van der Waals surface area contributed by atoms with Crippen LogP contribution in [-0.2, 0) is 59.2 Å². The number of carbonyl (C=O) groups is 11. The maximum absolute atomic E-state index is 13.9. The van der Waals surface area contributed by atoms with Crippen molar-refractivity contribution in [3.8, 4) is 0 Å². The van der Waals surface area contributed by atoms with Crippen molar-refractivity contribution in [1.29, 1.82) is 0 Å². The lowest BCUT2D eigenvalue weighted by Crippen LogP contribution is -2.62. The van der Waals surface area contributed by atoms with Crippen LogP contribution in [0.1, 0.15) is 38.7 Å². The highest BCUT2D eigenvalue weighted by atomic mass is 32.1. The third kappa shape index (κ3) is 16.5. The molecule has 27 heteroatoms. The Morgan fingerprint density at radius 2 is 1.05 bits per heavy atom. The fourth-order valence-electron chi connectivity index (χ4n) is 5.73. The van der Waals surface area contributed by atoms with Crippen LogP contribution >= 0.6 is 12.6 Å². The topological polar surface area (TPSA) is 441 Å². The fourth-order valence-corrected chi connectivity index (χ4v) is 5.98. The van der Waals surface area contributed by atoms with E-state index < -0.39 is 145 Å². The molecule has 1 heterocycles. The Morgan fingerprint density at radius 1 is 0.619 bits per heavy atom. The molecule has 2 aromatic rings. The van der Waals surface area contributed by atoms with Crippen LogP contribution in [0.15, 0.2) is 30.5 Å². The molecule has 0 fully saturated rings. The summed E-state index contributed by atoms with van der Waals surface area (Å²) in [5.41, 5.74) is 11.4. The number of amides is 8. The summed E-state index contributed by atoms with van der Waals surface area (Å²) in [6, 6.07) is -6.32. The third-order valence-electron chi connectivity index (χ3n) is 8.92. The summed E-state index contributed by atoms with van der Waals surface area (Å²) < 4.78 is 0. The number of aliphatic hydroxyl groups is 2. The minimum Gasteiger partial charge on any atom is -0.481 e. The molecule has 0 saturated carbocycles. The van der Waals surface area contributed by atoms with E-state index in [2.05, 4.69) is 38.9 Å². The molecule has 346 valence electrons. The van der Waals surface area contributed by atoms with Crippen molar-refractivity contribution >= 4 is 88.7 Å². The quantitative estimate of drug-likeness (QED) is 0.0390. The van der Waals surface area contributed by atoms with E-state index in [4.69, 9.17) is 11.5 Å². The average molecular weight is 911 g/mol. The van der Waals surface area contributed by atoms with Crippen molar-refractivity contribution in [2.45, 2.75) is 94.0 Å². The molecule has 9 atom stereocenters. The maximum atomic E-state index is 13.9. The number of primary amides is 1. The van der Waals surface area contributed by atoms with Gasteiger partial charge in [0.25, 0.3) is 0 Å². The van der Waals surface area contributed by atoms with E-state index in [0.29, 0.717) is 16.5 Å². The number of hydrogen-bond acceptors (Lipinski definition) is 15. The predicted octanol–water partition coefficient (Wildman–Crippen LogP) is -6.34. The Morgan fingerprint density at radius 3 is 1.49 bits per heavy atom. The molecular weight excluding hydrogens is 861 g/mol. The van der Waals surface area contributed by atoms with Gasteiger partial charge in [-0.3, -0.25) is 47.9 Å². The Labute approximate surface area is 362 Å². The van der Waals surface area contributed by atoms with Gasteiger partial charge in [0.05, 0.1) is 38.0 Å². The molecule has 17 N–H and O–H groups in total. The third-order valence-corrected chi connectivity index (χ3v) is 9.29. The Balaban J connectivity index is 2.46. The van der Waals surface area contributed by atoms with Gasteiger partial charge in [-0.05, 0) is 25.5 Å². The molecule has 1 aromatic carbocycles. The van der Waals surface area contributed by atoms with Crippen molar-refractivity contribution in [2.75, 3.05) is 12.3 Å². The summed E-state index contributed by atoms with van der Waals surface area (Å²) in [5.74, 6) is -15.0. The zero-order valence-electron chi connectivity index (χ0n) is 33.7. The maximum Gasteiger partial charge on any atom is 0.327 e. The number of fused-ring (bicyclic) bond motifs is 1. The molecule has 0 unspecified atom stereocenters. The lowest BCUT2D eigenvalue weighted by molar-refractivity contribution is -0.144. The van der Waals surface area contributed by atoms with Gasteiger partial charge in [-0.2, -0.15) is 12.6 Å². The van der Waals surface area contributed by atoms with E-state index in [-0.39, 0.29) is 12.2 Å². The smallest absolute Gasteiger partial charge is 0.327 e. The van der Waals surface area contributed by atoms with E-state index in [9.17, 15) is 78.3 Å². The summed E-state index contributed by atoms with van der Waals surface area (Å²) in [6.07, 6.45) is -5.54. The van der Waals surface area contributed by atoms with Gasteiger partial charge in [-0.15, -0.1) is 0 Å². The van der Waals surface area contributed by atoms with Crippen molar-refractivity contribution in [2.24, 2.45) is 11.5 Å². The Bertz CT molecular complexity index is 2050. The summed E-state index contributed by atoms with van der Waals surface area (Å²) in [6.45, 7) is 1.47. The number of aromatic nitrogens is 1. The van der Waals surface area contributed by atoms with Crippen LogP contribution < -0.4 is 48.7 Å². The second kappa shape index (κ2) is 24.6. The van der Waals surface area contributed by atoms with Crippen LogP contribution in [0, 0.1) is 0 Å². The van der Waals surface area contributed by atoms with E-state index in [1.54, 1.807) is 24.3 Å². The van der Waals surface area contributed by atoms with E-state index in [1.165, 1.54) is 6.20 Å². The first-order valence-corrected chi connectivity index (χ1v) is 19.4. The number of nitrogens with one attached hydrogen (secondary N) is 8. The van der Waals surface area contributed by atoms with Gasteiger partial charge in [0.15, 0.2) is 0 Å². The number of aliphatic hydroxyl groups excluding tert-OH is 2. The molecule has 0 spiro atoms. The number of para-hydroxylation sites is 1. The number of thiol groups is 1. The zero-order valence-corrected chi connectivity index (χ0v) is 34.5. The Hall–Kier alpha value is -6.84. The lowest BCUT2D eigenvalue weighted by Gasteiger charge is -2.28. The SMILES string of the molecule is C[C@@H](O)[C@H](NC(=O)[C@H](Cc1c[nH]c2ccccc12)NC(=O)[C@H](CC(=O)O)NC(=O)[C@H](CC(=O)O)NC(=O)[C@@H](NC(=O)[C@H](CC(N)=O)NC(=O)CN)[C@@H](C)O)C(=O)N[C@@H](CS)C(=O)O. The van der Waals surface area contributed by atoms with Gasteiger partial charge in [-0.25, -0.2) is 4.79 Å². The first-order valence-electron chi connectivity index (χ1n) is 18.8. The molecule has 2 rings (SSSR count). The van der Waals surface area contributed by atoms with E-state index >= 15 is 0 Å². The zero-order chi connectivity index (χ0) is 47.7. The van der Waals surface area contributed by atoms with Gasteiger partial charge in [0, 0.05) is 29.3 Å². The fraction of sp³-hybridized carbons (Fsp3) is 0.472. The van der Waals surface area contributed by atoms with Crippen molar-refractivity contribution in [1.82, 2.24) is 42.2 Å². The number of benzene rings is 1. The van der Waals surface area contributed by atoms with Crippen LogP contribution in [0.5, 0.6) is 0 Å². The standard InChI is InChI=1S/C36H50N10O16S/c1-14(47)28(46-33(58)20(8-24(38)49)40-25(50)11-37)34(59)43-22(10-27(53)54)31(56)42-21(9-26(51)52)30(55)41-19(7-16-12-39-18-6-4-3-5-17(16)18)32(57)45-29(15(2)48)35(60)44-23(13-63)36(61)62/h3-6,12,14-15,19-23,28-29,39,47-48,63H,7-11,13,37H2,1-2H3,(H2,38,49)(H,40,50)(H,41,55)(H,42,56)(H,43,59)(H,44,60)(H,45,57)(H,46,58)(H,51,52)(H,53,54)(H,61,62)/t14-,15-,19+,20+,21+,22+,23+,28+,29+/m1/s1. The molecular formula is C36H50N10O16S. The lowest BCUT2D eigenvalue weighted by atomic mass is 10.0. The molecule has 8 amide bonds. The monoisotopic (exact) mass is 910 g/mol. The van der Waals surface area contributed by atoms with Crippen LogP contribution in [0.4, 0.5) is 0 Å². The number of H-pyrrole nitrogens is 1. The summed E-state index contributed by atoms with van der Waals surface area (Å²) >= 11 is 3.87. The highest BCUT2D eigenvalue weighted by Gasteiger charge is 2.37. The second-order valence-corrected chi connectivity index (χ2v) is 14.3. The van der Waals surface area contributed by atoms with Crippen LogP contribution in [0.3, 0.4) is 0 Å². The van der Waals surface area contributed by atoms with E-state index in [0.717, 1.165) is 13.8 Å². The molecule has 0 aliphatic carbocycles. The van der Waals surface area contributed by atoms with Crippen LogP contribution in [-0.4, -0.2) is 162 Å². The number of carboxylic acids is 3. The molecule has 26 nitrogen and oxygen atoms in total. The second-order valence-electron chi connectivity index (χ2n) is 14.0. The summed E-state index contributed by atoms with van der Waals surface area (Å²) in [7, 11) is 0. The highest BCUT2D eigenvalue weighted by molar-refractivity contribution is 7.80. The first-order chi connectivity index (χ1) is 29.5. The minimum atomic E-state index is -2.14. The van der Waals surface area contributed by atoms with Gasteiger partial charge in [-0.1, -0.05) is 18.2 Å². The first kappa shape index (κ1) is 52.3.